The van der Waals surface area contributed by atoms with Gasteiger partial charge in [-0.05, 0) is 13.0 Å². The summed E-state index contributed by atoms with van der Waals surface area (Å²) in [5, 5.41) is 0. The summed E-state index contributed by atoms with van der Waals surface area (Å²) in [6.07, 6.45) is 1.26. The summed E-state index contributed by atoms with van der Waals surface area (Å²) in [7, 11) is 0. The fourth-order valence-electron chi connectivity index (χ4n) is 0.857. The van der Waals surface area contributed by atoms with Gasteiger partial charge in [0.2, 0.25) is 0 Å². The molecule has 0 aromatic rings. The lowest BCUT2D eigenvalue weighted by atomic mass is 9.89. The molecule has 0 spiro atoms. The minimum absolute atomic E-state index is 0. The minimum Gasteiger partial charge on any atom is -0.330 e. The van der Waals surface area contributed by atoms with Crippen LogP contribution in [0.15, 0.2) is 0 Å². The Morgan fingerprint density at radius 2 is 2.00 bits per heavy atom. The fraction of sp³-hybridized carbons (Fsp3) is 1.00. The van der Waals surface area contributed by atoms with Crippen LogP contribution < -0.4 is 5.73 Å². The van der Waals surface area contributed by atoms with Gasteiger partial charge in [-0.25, -0.2) is 0 Å². The topological polar surface area (TPSA) is 26.0 Å². The molecule has 0 unspecified atom stereocenters. The first-order valence-electron chi connectivity index (χ1n) is 4.11. The number of hydrogen-bond donors (Lipinski definition) is 1. The van der Waals surface area contributed by atoms with E-state index in [9.17, 15) is 0 Å². The third-order valence-electron chi connectivity index (χ3n) is 2.00. The second kappa shape index (κ2) is 5.03. The molecule has 1 aliphatic rings. The Morgan fingerprint density at radius 3 is 2.00 bits per heavy atom. The summed E-state index contributed by atoms with van der Waals surface area (Å²) >= 11 is 2.01. The van der Waals surface area contributed by atoms with Gasteiger partial charge in [-0.15, -0.1) is 0 Å². The van der Waals surface area contributed by atoms with Crippen molar-refractivity contribution in [3.63, 3.8) is 0 Å². The highest BCUT2D eigenvalue weighted by Crippen LogP contribution is 2.39. The fourth-order valence-corrected chi connectivity index (χ4v) is 2.28. The van der Waals surface area contributed by atoms with Crippen molar-refractivity contribution in [2.24, 2.45) is 11.1 Å². The molecule has 0 bridgehead atoms. The zero-order chi connectivity index (χ0) is 8.04. The molecule has 10 heavy (non-hydrogen) atoms. The molecule has 1 saturated heterocycles. The SMILES string of the molecule is CC.CCC1(CN)CSC1.[HH]. The largest absolute Gasteiger partial charge is 0.330 e. The number of thioether (sulfide) groups is 1. The molecule has 2 N–H and O–H groups in total. The van der Waals surface area contributed by atoms with E-state index in [1.54, 1.807) is 0 Å². The molecule has 0 saturated carbocycles. The van der Waals surface area contributed by atoms with Gasteiger partial charge in [0.1, 0.15) is 0 Å². The average molecular weight is 163 g/mol. The lowest BCUT2D eigenvalue weighted by Crippen LogP contribution is -2.41. The number of rotatable bonds is 2. The van der Waals surface area contributed by atoms with E-state index >= 15 is 0 Å². The Bertz CT molecular complexity index is 70.7. The first-order chi connectivity index (χ1) is 4.83. The maximum atomic E-state index is 5.57. The summed E-state index contributed by atoms with van der Waals surface area (Å²) in [5.74, 6) is 2.58. The Morgan fingerprint density at radius 1 is 1.50 bits per heavy atom. The summed E-state index contributed by atoms with van der Waals surface area (Å²) < 4.78 is 0. The predicted molar refractivity (Wildman–Crippen MR) is 52.6 cm³/mol. The number of hydrogen-bond acceptors (Lipinski definition) is 2. The third-order valence-corrected chi connectivity index (χ3v) is 3.63. The van der Waals surface area contributed by atoms with Gasteiger partial charge in [-0.3, -0.25) is 0 Å². The molecule has 0 radical (unpaired) electrons. The summed E-state index contributed by atoms with van der Waals surface area (Å²) in [5.41, 5.74) is 6.11. The van der Waals surface area contributed by atoms with Gasteiger partial charge in [0.05, 0.1) is 0 Å². The monoisotopic (exact) mass is 163 g/mol. The first-order valence-corrected chi connectivity index (χ1v) is 5.26. The lowest BCUT2D eigenvalue weighted by molar-refractivity contribution is 0.359. The molecule has 0 amide bonds. The van der Waals surface area contributed by atoms with Crippen LogP contribution in [0, 0.1) is 5.41 Å². The Kier molecular flexibility index (Phi) is 5.18. The molecule has 1 fully saturated rings. The molecule has 2 heteroatoms. The normalized spacial score (nSPS) is 20.4. The van der Waals surface area contributed by atoms with E-state index in [0.717, 1.165) is 6.54 Å². The van der Waals surface area contributed by atoms with Gasteiger partial charge < -0.3 is 5.73 Å². The van der Waals surface area contributed by atoms with Gasteiger partial charge in [0, 0.05) is 18.3 Å². The van der Waals surface area contributed by atoms with Crippen molar-refractivity contribution in [2.75, 3.05) is 18.1 Å². The van der Waals surface area contributed by atoms with Crippen LogP contribution in [0.1, 0.15) is 28.6 Å². The van der Waals surface area contributed by atoms with Gasteiger partial charge in [0.15, 0.2) is 0 Å². The van der Waals surface area contributed by atoms with Crippen LogP contribution in [-0.2, 0) is 0 Å². The molecule has 1 aliphatic heterocycles. The Hall–Kier alpha value is 0.310. The van der Waals surface area contributed by atoms with Crippen molar-refractivity contribution in [2.45, 2.75) is 27.2 Å². The van der Waals surface area contributed by atoms with E-state index in [1.807, 2.05) is 25.6 Å². The molecule has 0 aromatic carbocycles. The maximum absolute atomic E-state index is 5.57. The molecule has 0 aliphatic carbocycles. The highest BCUT2D eigenvalue weighted by atomic mass is 32.2. The Balaban J connectivity index is 0. The van der Waals surface area contributed by atoms with Crippen molar-refractivity contribution in [3.8, 4) is 0 Å². The van der Waals surface area contributed by atoms with Crippen LogP contribution in [0.25, 0.3) is 0 Å². The van der Waals surface area contributed by atoms with Gasteiger partial charge in [-0.2, -0.15) is 11.8 Å². The maximum Gasteiger partial charge on any atom is 0.000932 e. The van der Waals surface area contributed by atoms with Crippen molar-refractivity contribution >= 4 is 11.8 Å². The minimum atomic E-state index is 0. The van der Waals surface area contributed by atoms with Crippen molar-refractivity contribution < 1.29 is 1.43 Å². The predicted octanol–water partition coefficient (Wildman–Crippen LogP) is 2.36. The van der Waals surface area contributed by atoms with Gasteiger partial charge >= 0.3 is 0 Å². The lowest BCUT2D eigenvalue weighted by Gasteiger charge is -2.39. The molecule has 1 rings (SSSR count). The molecule has 64 valence electrons. The number of nitrogens with two attached hydrogens (primary N) is 1. The Labute approximate surface area is 70.2 Å². The van der Waals surface area contributed by atoms with Crippen LogP contribution in [0.2, 0.25) is 0 Å². The molecule has 1 heterocycles. The molecule has 0 atom stereocenters. The van der Waals surface area contributed by atoms with E-state index in [2.05, 4.69) is 6.92 Å². The van der Waals surface area contributed by atoms with Crippen LogP contribution in [0.4, 0.5) is 0 Å². The molecule has 0 aromatic heterocycles. The van der Waals surface area contributed by atoms with E-state index in [1.165, 1.54) is 17.9 Å². The summed E-state index contributed by atoms with van der Waals surface area (Å²) in [4.78, 5) is 0. The van der Waals surface area contributed by atoms with Crippen molar-refractivity contribution in [1.29, 1.82) is 0 Å². The van der Waals surface area contributed by atoms with E-state index < -0.39 is 0 Å². The average Bonchev–Trinajstić information content (AvgIpc) is 1.93. The smallest absolute Gasteiger partial charge is 0.000932 e. The highest BCUT2D eigenvalue weighted by molar-refractivity contribution is 8.00. The van der Waals surface area contributed by atoms with E-state index in [-0.39, 0.29) is 1.43 Å². The zero-order valence-corrected chi connectivity index (χ0v) is 8.13. The van der Waals surface area contributed by atoms with Crippen molar-refractivity contribution in [3.05, 3.63) is 0 Å². The molecule has 1 nitrogen and oxygen atoms in total. The second-order valence-electron chi connectivity index (χ2n) is 2.55. The zero-order valence-electron chi connectivity index (χ0n) is 7.31. The third kappa shape index (κ3) is 2.17. The summed E-state index contributed by atoms with van der Waals surface area (Å²) in [6.45, 7) is 7.11. The molecular weight excluding hydrogens is 142 g/mol. The molecular formula is C8H21NS. The van der Waals surface area contributed by atoms with E-state index in [4.69, 9.17) is 5.73 Å². The van der Waals surface area contributed by atoms with Crippen LogP contribution in [0.3, 0.4) is 0 Å². The van der Waals surface area contributed by atoms with Gasteiger partial charge in [-0.1, -0.05) is 20.8 Å². The van der Waals surface area contributed by atoms with Crippen molar-refractivity contribution in [1.82, 2.24) is 0 Å². The standard InChI is InChI=1S/C6H13NS.C2H6.H2/c1-2-6(3-7)4-8-5-6;1-2;/h2-5,7H2,1H3;1-2H3;1H. The second-order valence-corrected chi connectivity index (χ2v) is 3.54. The van der Waals surface area contributed by atoms with Crippen LogP contribution >= 0.6 is 11.8 Å². The van der Waals surface area contributed by atoms with Crippen LogP contribution in [-0.4, -0.2) is 18.1 Å². The van der Waals surface area contributed by atoms with Gasteiger partial charge in [0.25, 0.3) is 0 Å². The van der Waals surface area contributed by atoms with Crippen LogP contribution in [0.5, 0.6) is 0 Å². The van der Waals surface area contributed by atoms with E-state index in [0.29, 0.717) is 5.41 Å². The highest BCUT2D eigenvalue weighted by Gasteiger charge is 2.33. The quantitative estimate of drug-likeness (QED) is 0.676. The first kappa shape index (κ1) is 10.3. The summed E-state index contributed by atoms with van der Waals surface area (Å²) in [6, 6.07) is 0.